The minimum absolute atomic E-state index is 0.157. The quantitative estimate of drug-likeness (QED) is 0.891. The van der Waals surface area contributed by atoms with Gasteiger partial charge in [0.2, 0.25) is 11.8 Å². The molecule has 1 aliphatic heterocycles. The summed E-state index contributed by atoms with van der Waals surface area (Å²) in [6, 6.07) is 15.1. The molecule has 3 unspecified atom stereocenters. The monoisotopic (exact) mass is 372 g/mol. The molecular weight excluding hydrogens is 351 g/mol. The van der Waals surface area contributed by atoms with Gasteiger partial charge >= 0.3 is 0 Å². The Morgan fingerprint density at radius 3 is 2.58 bits per heavy atom. The van der Waals surface area contributed by atoms with Gasteiger partial charge in [-0.3, -0.25) is 9.59 Å². The van der Waals surface area contributed by atoms with Gasteiger partial charge in [0.15, 0.2) is 0 Å². The van der Waals surface area contributed by atoms with Gasteiger partial charge in [-0.15, -0.1) is 11.8 Å². The number of thioether (sulfide) groups is 1. The number of rotatable bonds is 4. The fourth-order valence-electron chi connectivity index (χ4n) is 3.14. The van der Waals surface area contributed by atoms with Crippen molar-refractivity contribution in [1.29, 1.82) is 0 Å². The van der Waals surface area contributed by atoms with Crippen LogP contribution in [-0.2, 0) is 9.59 Å². The van der Waals surface area contributed by atoms with Gasteiger partial charge in [-0.2, -0.15) is 0 Å². The van der Waals surface area contributed by atoms with Crippen molar-refractivity contribution in [3.8, 4) is 0 Å². The largest absolute Gasteiger partial charge is 0.348 e. The molecule has 1 saturated heterocycles. The third-order valence-corrected chi connectivity index (χ3v) is 5.78. The first-order valence-corrected chi connectivity index (χ1v) is 9.53. The molecule has 1 aliphatic rings. The van der Waals surface area contributed by atoms with Crippen molar-refractivity contribution in [2.45, 2.75) is 31.3 Å². The number of hydrogen-bond acceptors (Lipinski definition) is 3. The predicted octanol–water partition coefficient (Wildman–Crippen LogP) is 3.67. The average Bonchev–Trinajstić information content (AvgIpc) is 3.08. The molecule has 0 aromatic heterocycles. The molecule has 0 bridgehead atoms. The van der Waals surface area contributed by atoms with Gasteiger partial charge in [-0.05, 0) is 30.2 Å². The lowest BCUT2D eigenvalue weighted by Crippen LogP contribution is -2.47. The summed E-state index contributed by atoms with van der Waals surface area (Å²) in [4.78, 5) is 26.6. The Kier molecular flexibility index (Phi) is 5.61. The number of hydrogen-bond donors (Lipinski definition) is 1. The van der Waals surface area contributed by atoms with Crippen LogP contribution < -0.4 is 5.32 Å². The molecule has 0 aliphatic carbocycles. The topological polar surface area (TPSA) is 49.4 Å². The maximum Gasteiger partial charge on any atom is 0.244 e. The first-order chi connectivity index (χ1) is 12.5. The molecule has 6 heteroatoms. The number of benzene rings is 2. The lowest BCUT2D eigenvalue weighted by molar-refractivity contribution is -0.138. The molecule has 0 spiro atoms. The number of nitrogens with zero attached hydrogens (tertiary/aromatic N) is 1. The highest BCUT2D eigenvalue weighted by Gasteiger charge is 2.41. The number of halogens is 1. The number of amides is 2. The van der Waals surface area contributed by atoms with E-state index in [0.29, 0.717) is 11.3 Å². The van der Waals surface area contributed by atoms with Gasteiger partial charge in [0.05, 0.1) is 6.04 Å². The second kappa shape index (κ2) is 7.91. The van der Waals surface area contributed by atoms with E-state index in [-0.39, 0.29) is 29.0 Å². The minimum atomic E-state index is -0.572. The van der Waals surface area contributed by atoms with Crippen LogP contribution >= 0.6 is 11.8 Å². The van der Waals surface area contributed by atoms with Gasteiger partial charge < -0.3 is 10.2 Å². The Bertz CT molecular complexity index is 799. The van der Waals surface area contributed by atoms with Crippen LogP contribution in [-0.4, -0.2) is 28.5 Å². The Balaban J connectivity index is 1.77. The van der Waals surface area contributed by atoms with E-state index in [4.69, 9.17) is 0 Å². The van der Waals surface area contributed by atoms with E-state index in [1.54, 1.807) is 17.0 Å². The number of carbonyl (C=O) groups is 2. The van der Waals surface area contributed by atoms with Crippen LogP contribution in [0.15, 0.2) is 54.6 Å². The zero-order valence-electron chi connectivity index (χ0n) is 14.7. The Hall–Kier alpha value is -2.34. The predicted molar refractivity (Wildman–Crippen MR) is 101 cm³/mol. The molecular formula is C20H21FN2O2S. The van der Waals surface area contributed by atoms with Crippen LogP contribution in [0.1, 0.15) is 36.4 Å². The number of carbonyl (C=O) groups excluding carboxylic acids is 2. The molecule has 2 aromatic carbocycles. The minimum Gasteiger partial charge on any atom is -0.348 e. The highest BCUT2D eigenvalue weighted by Crippen LogP contribution is 2.41. The highest BCUT2D eigenvalue weighted by molar-refractivity contribution is 7.99. The standard InChI is InChI=1S/C20H21FN2O2S/c1-13(15-7-4-3-5-8-15)22-19(25)18-12-26-20(23(18)14(2)24)16-9-6-10-17(21)11-16/h3-11,13,18,20H,12H2,1-2H3,(H,22,25). The van der Waals surface area contributed by atoms with Crippen molar-refractivity contribution >= 4 is 23.6 Å². The number of nitrogens with one attached hydrogen (secondary N) is 1. The van der Waals surface area contributed by atoms with Crippen LogP contribution in [0.3, 0.4) is 0 Å². The maximum absolute atomic E-state index is 13.6. The van der Waals surface area contributed by atoms with Crippen LogP contribution in [0.25, 0.3) is 0 Å². The van der Waals surface area contributed by atoms with Crippen LogP contribution in [0, 0.1) is 5.82 Å². The van der Waals surface area contributed by atoms with Gasteiger partial charge in [0, 0.05) is 12.7 Å². The lowest BCUT2D eigenvalue weighted by Gasteiger charge is -2.28. The van der Waals surface area contributed by atoms with E-state index in [0.717, 1.165) is 5.56 Å². The van der Waals surface area contributed by atoms with Crippen molar-refractivity contribution in [2.75, 3.05) is 5.75 Å². The van der Waals surface area contributed by atoms with Gasteiger partial charge in [0.25, 0.3) is 0 Å². The molecule has 2 aromatic rings. The molecule has 1 N–H and O–H groups in total. The molecule has 3 atom stereocenters. The fourth-order valence-corrected chi connectivity index (χ4v) is 4.62. The second-order valence-corrected chi connectivity index (χ2v) is 7.44. The van der Waals surface area contributed by atoms with Crippen molar-refractivity contribution in [2.24, 2.45) is 0 Å². The molecule has 1 fully saturated rings. The van der Waals surface area contributed by atoms with E-state index in [1.807, 2.05) is 37.3 Å². The molecule has 1 heterocycles. The summed E-state index contributed by atoms with van der Waals surface area (Å²) < 4.78 is 13.6. The van der Waals surface area contributed by atoms with Crippen LogP contribution in [0.4, 0.5) is 4.39 Å². The third-order valence-electron chi connectivity index (χ3n) is 4.46. The van der Waals surface area contributed by atoms with Crippen LogP contribution in [0.5, 0.6) is 0 Å². The van der Waals surface area contributed by atoms with E-state index in [2.05, 4.69) is 5.32 Å². The Morgan fingerprint density at radius 2 is 1.92 bits per heavy atom. The van der Waals surface area contributed by atoms with Crippen molar-refractivity contribution < 1.29 is 14.0 Å². The molecule has 0 radical (unpaired) electrons. The van der Waals surface area contributed by atoms with Crippen molar-refractivity contribution in [3.63, 3.8) is 0 Å². The average molecular weight is 372 g/mol. The van der Waals surface area contributed by atoms with Crippen molar-refractivity contribution in [1.82, 2.24) is 10.2 Å². The zero-order chi connectivity index (χ0) is 18.7. The smallest absolute Gasteiger partial charge is 0.244 e. The van der Waals surface area contributed by atoms with E-state index < -0.39 is 6.04 Å². The summed E-state index contributed by atoms with van der Waals surface area (Å²) in [6.45, 7) is 3.36. The fraction of sp³-hybridized carbons (Fsp3) is 0.300. The van der Waals surface area contributed by atoms with Crippen LogP contribution in [0.2, 0.25) is 0 Å². The summed E-state index contributed by atoms with van der Waals surface area (Å²) in [6.07, 6.45) is 0. The zero-order valence-corrected chi connectivity index (χ0v) is 15.5. The summed E-state index contributed by atoms with van der Waals surface area (Å²) in [5.41, 5.74) is 1.69. The van der Waals surface area contributed by atoms with Gasteiger partial charge in [-0.25, -0.2) is 4.39 Å². The first kappa shape index (κ1) is 18.5. The molecule has 0 saturated carbocycles. The first-order valence-electron chi connectivity index (χ1n) is 8.48. The molecule has 136 valence electrons. The summed E-state index contributed by atoms with van der Waals surface area (Å²) in [5.74, 6) is -0.259. The van der Waals surface area contributed by atoms with Crippen molar-refractivity contribution in [3.05, 3.63) is 71.5 Å². The van der Waals surface area contributed by atoms with E-state index in [9.17, 15) is 14.0 Å². The summed E-state index contributed by atoms with van der Waals surface area (Å²) in [7, 11) is 0. The van der Waals surface area contributed by atoms with Gasteiger partial charge in [0.1, 0.15) is 17.2 Å². The van der Waals surface area contributed by atoms with Gasteiger partial charge in [-0.1, -0.05) is 42.5 Å². The lowest BCUT2D eigenvalue weighted by atomic mass is 10.1. The van der Waals surface area contributed by atoms with E-state index in [1.165, 1.54) is 30.8 Å². The highest BCUT2D eigenvalue weighted by atomic mass is 32.2. The normalized spacial score (nSPS) is 20.7. The maximum atomic E-state index is 13.6. The molecule has 3 rings (SSSR count). The Labute approximate surface area is 156 Å². The summed E-state index contributed by atoms with van der Waals surface area (Å²) >= 11 is 1.48. The molecule has 4 nitrogen and oxygen atoms in total. The van der Waals surface area contributed by atoms with E-state index >= 15 is 0 Å². The SMILES string of the molecule is CC(=O)N1C(C(=O)NC(C)c2ccccc2)CSC1c1cccc(F)c1. The second-order valence-electron chi connectivity index (χ2n) is 6.32. The summed E-state index contributed by atoms with van der Waals surface area (Å²) in [5, 5.41) is 2.63. The molecule has 26 heavy (non-hydrogen) atoms. The molecule has 2 amide bonds. The third kappa shape index (κ3) is 3.90. The Morgan fingerprint density at radius 1 is 1.19 bits per heavy atom.